The largest absolute Gasteiger partial charge is 0.396 e. The van der Waals surface area contributed by atoms with Crippen LogP contribution in [0.2, 0.25) is 5.02 Å². The Hall–Kier alpha value is -0.780. The van der Waals surface area contributed by atoms with E-state index in [0.29, 0.717) is 6.42 Å². The van der Waals surface area contributed by atoms with Crippen molar-refractivity contribution in [1.29, 1.82) is 0 Å². The lowest BCUT2D eigenvalue weighted by atomic mass is 10.2. The normalized spacial score (nSPS) is 12.5. The van der Waals surface area contributed by atoms with E-state index < -0.39 is 4.92 Å². The molecule has 0 aliphatic carbocycles. The van der Waals surface area contributed by atoms with Gasteiger partial charge in [-0.2, -0.15) is 0 Å². The van der Waals surface area contributed by atoms with E-state index in [1.165, 1.54) is 6.07 Å². The van der Waals surface area contributed by atoms with Crippen LogP contribution in [0.3, 0.4) is 0 Å². The van der Waals surface area contributed by atoms with Gasteiger partial charge in [0.05, 0.1) is 4.92 Å². The summed E-state index contributed by atoms with van der Waals surface area (Å²) < 4.78 is 0. The zero-order chi connectivity index (χ0) is 13.0. The standard InChI is InChI=1S/C11H14ClNO3S/c1-7-5-10(13(15)16)9(12)6-11(7)17-8(2)3-4-14/h5-6,8,14H,3-4H2,1-2H3. The van der Waals surface area contributed by atoms with Gasteiger partial charge in [-0.05, 0) is 25.0 Å². The monoisotopic (exact) mass is 275 g/mol. The summed E-state index contributed by atoms with van der Waals surface area (Å²) in [6.45, 7) is 3.95. The fourth-order valence-corrected chi connectivity index (χ4v) is 2.76. The minimum atomic E-state index is -0.485. The zero-order valence-electron chi connectivity index (χ0n) is 9.64. The predicted octanol–water partition coefficient (Wildman–Crippen LogP) is 3.42. The van der Waals surface area contributed by atoms with Crippen LogP contribution in [0, 0.1) is 17.0 Å². The van der Waals surface area contributed by atoms with Gasteiger partial charge in [0, 0.05) is 22.8 Å². The Morgan fingerprint density at radius 1 is 1.59 bits per heavy atom. The lowest BCUT2D eigenvalue weighted by Crippen LogP contribution is -2.00. The van der Waals surface area contributed by atoms with Crippen molar-refractivity contribution in [2.75, 3.05) is 6.61 Å². The third kappa shape index (κ3) is 3.87. The van der Waals surface area contributed by atoms with Gasteiger partial charge in [-0.3, -0.25) is 10.1 Å². The molecule has 1 unspecified atom stereocenters. The van der Waals surface area contributed by atoms with Gasteiger partial charge in [0.25, 0.3) is 5.69 Å². The molecule has 0 spiro atoms. The molecule has 4 nitrogen and oxygen atoms in total. The van der Waals surface area contributed by atoms with E-state index in [2.05, 4.69) is 0 Å². The predicted molar refractivity (Wildman–Crippen MR) is 69.9 cm³/mol. The maximum atomic E-state index is 10.7. The Morgan fingerprint density at radius 2 is 2.24 bits per heavy atom. The summed E-state index contributed by atoms with van der Waals surface area (Å²) in [4.78, 5) is 11.1. The molecular formula is C11H14ClNO3S. The van der Waals surface area contributed by atoms with Crippen LogP contribution in [0.15, 0.2) is 17.0 Å². The number of benzene rings is 1. The molecule has 17 heavy (non-hydrogen) atoms. The molecule has 6 heteroatoms. The van der Waals surface area contributed by atoms with Crippen molar-refractivity contribution in [2.45, 2.75) is 30.4 Å². The number of hydrogen-bond acceptors (Lipinski definition) is 4. The first-order valence-electron chi connectivity index (χ1n) is 5.17. The number of thioether (sulfide) groups is 1. The van der Waals surface area contributed by atoms with Gasteiger partial charge in [-0.15, -0.1) is 11.8 Å². The zero-order valence-corrected chi connectivity index (χ0v) is 11.2. The van der Waals surface area contributed by atoms with Crippen molar-refractivity contribution in [2.24, 2.45) is 0 Å². The lowest BCUT2D eigenvalue weighted by molar-refractivity contribution is -0.384. The van der Waals surface area contributed by atoms with Crippen molar-refractivity contribution in [3.05, 3.63) is 32.8 Å². The summed E-state index contributed by atoms with van der Waals surface area (Å²) in [7, 11) is 0. The lowest BCUT2D eigenvalue weighted by Gasteiger charge is -2.12. The van der Waals surface area contributed by atoms with Crippen molar-refractivity contribution >= 4 is 29.1 Å². The highest BCUT2D eigenvalue weighted by Crippen LogP contribution is 2.35. The van der Waals surface area contributed by atoms with Gasteiger partial charge >= 0.3 is 0 Å². The van der Waals surface area contributed by atoms with Crippen LogP contribution in [-0.2, 0) is 0 Å². The van der Waals surface area contributed by atoms with Gasteiger partial charge in [-0.25, -0.2) is 0 Å². The summed E-state index contributed by atoms with van der Waals surface area (Å²) in [5.41, 5.74) is 0.763. The molecule has 0 aliphatic heterocycles. The van der Waals surface area contributed by atoms with E-state index in [-0.39, 0.29) is 22.6 Å². The number of hydrogen-bond donors (Lipinski definition) is 1. The van der Waals surface area contributed by atoms with Crippen LogP contribution < -0.4 is 0 Å². The van der Waals surface area contributed by atoms with Gasteiger partial charge in [0.15, 0.2) is 0 Å². The maximum Gasteiger partial charge on any atom is 0.288 e. The Kier molecular flexibility index (Phi) is 5.24. The van der Waals surface area contributed by atoms with E-state index in [0.717, 1.165) is 10.5 Å². The van der Waals surface area contributed by atoms with Crippen LogP contribution in [0.25, 0.3) is 0 Å². The number of aryl methyl sites for hydroxylation is 1. The fourth-order valence-electron chi connectivity index (χ4n) is 1.37. The van der Waals surface area contributed by atoms with Crippen molar-refractivity contribution in [3.8, 4) is 0 Å². The number of nitro benzene ring substituents is 1. The number of nitro groups is 1. The second-order valence-electron chi connectivity index (χ2n) is 3.77. The SMILES string of the molecule is Cc1cc([N+](=O)[O-])c(Cl)cc1SC(C)CCO. The highest BCUT2D eigenvalue weighted by atomic mass is 35.5. The Morgan fingerprint density at radius 3 is 2.76 bits per heavy atom. The molecule has 1 N–H and O–H groups in total. The molecule has 0 fully saturated rings. The Labute approximate surface area is 109 Å². The third-order valence-corrected chi connectivity index (χ3v) is 3.94. The van der Waals surface area contributed by atoms with Crippen LogP contribution in [0.4, 0.5) is 5.69 Å². The summed E-state index contributed by atoms with van der Waals surface area (Å²) in [5, 5.41) is 19.9. The highest BCUT2D eigenvalue weighted by molar-refractivity contribution is 8.00. The second kappa shape index (κ2) is 6.23. The first-order valence-corrected chi connectivity index (χ1v) is 6.43. The number of halogens is 1. The van der Waals surface area contributed by atoms with E-state index in [1.807, 2.05) is 13.8 Å². The Bertz CT molecular complexity index is 425. The fraction of sp³-hybridized carbons (Fsp3) is 0.455. The molecular weight excluding hydrogens is 262 g/mol. The van der Waals surface area contributed by atoms with Gasteiger partial charge in [0.1, 0.15) is 5.02 Å². The molecule has 1 aromatic carbocycles. The highest BCUT2D eigenvalue weighted by Gasteiger charge is 2.16. The number of rotatable bonds is 5. The molecule has 0 aliphatic rings. The van der Waals surface area contributed by atoms with Crippen LogP contribution in [0.1, 0.15) is 18.9 Å². The first kappa shape index (κ1) is 14.3. The number of aliphatic hydroxyl groups is 1. The summed E-state index contributed by atoms with van der Waals surface area (Å²) >= 11 is 7.41. The second-order valence-corrected chi connectivity index (χ2v) is 5.65. The van der Waals surface area contributed by atoms with Gasteiger partial charge in [0.2, 0.25) is 0 Å². The van der Waals surface area contributed by atoms with Gasteiger partial charge < -0.3 is 5.11 Å². The average molecular weight is 276 g/mol. The first-order chi connectivity index (χ1) is 7.95. The molecule has 0 amide bonds. The molecule has 0 heterocycles. The van der Waals surface area contributed by atoms with E-state index in [1.54, 1.807) is 17.8 Å². The van der Waals surface area contributed by atoms with Gasteiger partial charge in [-0.1, -0.05) is 18.5 Å². The summed E-state index contributed by atoms with van der Waals surface area (Å²) in [5.74, 6) is 0. The summed E-state index contributed by atoms with van der Waals surface area (Å²) in [6, 6.07) is 3.10. The smallest absolute Gasteiger partial charge is 0.288 e. The maximum absolute atomic E-state index is 10.7. The van der Waals surface area contributed by atoms with Crippen molar-refractivity contribution in [3.63, 3.8) is 0 Å². The summed E-state index contributed by atoms with van der Waals surface area (Å²) in [6.07, 6.45) is 0.679. The molecule has 1 aromatic rings. The van der Waals surface area contributed by atoms with E-state index in [4.69, 9.17) is 16.7 Å². The van der Waals surface area contributed by atoms with Crippen molar-refractivity contribution in [1.82, 2.24) is 0 Å². The molecule has 1 rings (SSSR count). The Balaban J connectivity index is 2.95. The van der Waals surface area contributed by atoms with E-state index in [9.17, 15) is 10.1 Å². The molecule has 0 radical (unpaired) electrons. The number of aliphatic hydroxyl groups excluding tert-OH is 1. The molecule has 0 bridgehead atoms. The van der Waals surface area contributed by atoms with Crippen LogP contribution in [-0.4, -0.2) is 21.9 Å². The van der Waals surface area contributed by atoms with E-state index >= 15 is 0 Å². The third-order valence-electron chi connectivity index (χ3n) is 2.30. The molecule has 0 saturated carbocycles. The van der Waals surface area contributed by atoms with Crippen LogP contribution in [0.5, 0.6) is 0 Å². The quantitative estimate of drug-likeness (QED) is 0.508. The topological polar surface area (TPSA) is 63.4 Å². The van der Waals surface area contributed by atoms with Crippen molar-refractivity contribution < 1.29 is 10.0 Å². The molecule has 94 valence electrons. The minimum Gasteiger partial charge on any atom is -0.396 e. The molecule has 1 atom stereocenters. The average Bonchev–Trinajstić information content (AvgIpc) is 2.22. The minimum absolute atomic E-state index is 0.0664. The molecule has 0 aromatic heterocycles. The number of nitrogens with zero attached hydrogens (tertiary/aromatic N) is 1. The van der Waals surface area contributed by atoms with Crippen LogP contribution >= 0.6 is 23.4 Å². The molecule has 0 saturated heterocycles.